The van der Waals surface area contributed by atoms with Crippen LogP contribution in [0.25, 0.3) is 12.2 Å². The second kappa shape index (κ2) is 10.2. The first-order chi connectivity index (χ1) is 15.6. The van der Waals surface area contributed by atoms with Crippen LogP contribution in [0.1, 0.15) is 44.5 Å². The lowest BCUT2D eigenvalue weighted by molar-refractivity contribution is 1.45. The van der Waals surface area contributed by atoms with Gasteiger partial charge in [0.2, 0.25) is 0 Å². The molecule has 4 aromatic rings. The van der Waals surface area contributed by atoms with Crippen molar-refractivity contribution in [1.29, 1.82) is 0 Å². The Labute approximate surface area is 191 Å². The van der Waals surface area contributed by atoms with Crippen LogP contribution in [0.3, 0.4) is 0 Å². The lowest BCUT2D eigenvalue weighted by Gasteiger charge is -1.97. The van der Waals surface area contributed by atoms with Crippen molar-refractivity contribution in [1.82, 2.24) is 0 Å². The number of aryl methyl sites for hydroxylation is 2. The molecule has 0 radical (unpaired) electrons. The van der Waals surface area contributed by atoms with Gasteiger partial charge in [-0.05, 0) is 84.6 Å². The first-order valence-corrected chi connectivity index (χ1v) is 10.7. The predicted octanol–water partition coefficient (Wildman–Crippen LogP) is 7.27. The third kappa shape index (κ3) is 6.12. The van der Waals surface area contributed by atoms with Crippen molar-refractivity contribution in [2.45, 2.75) is 13.8 Å². The first-order valence-electron chi connectivity index (χ1n) is 10.7. The molecule has 0 saturated carbocycles. The van der Waals surface area contributed by atoms with Gasteiger partial charge in [-0.25, -0.2) is 0 Å². The van der Waals surface area contributed by atoms with E-state index >= 15 is 0 Å². The van der Waals surface area contributed by atoms with Gasteiger partial charge in [0.15, 0.2) is 0 Å². The molecule has 0 fully saturated rings. The second-order valence-corrected chi connectivity index (χ2v) is 7.82. The van der Waals surface area contributed by atoms with Gasteiger partial charge in [0, 0.05) is 22.3 Å². The van der Waals surface area contributed by atoms with E-state index in [1.807, 2.05) is 24.3 Å². The van der Waals surface area contributed by atoms with Crippen LogP contribution in [-0.4, -0.2) is 0 Å². The number of hydrogen-bond donors (Lipinski definition) is 0. The van der Waals surface area contributed by atoms with Crippen molar-refractivity contribution in [2.75, 3.05) is 0 Å². The van der Waals surface area contributed by atoms with E-state index in [4.69, 9.17) is 0 Å². The van der Waals surface area contributed by atoms with Crippen molar-refractivity contribution >= 4 is 12.2 Å². The average molecular weight is 409 g/mol. The summed E-state index contributed by atoms with van der Waals surface area (Å²) in [4.78, 5) is 0. The van der Waals surface area contributed by atoms with E-state index in [1.54, 1.807) is 0 Å². The molecule has 0 N–H and O–H groups in total. The number of hydrogen-bond acceptors (Lipinski definition) is 0. The Bertz CT molecular complexity index is 1250. The van der Waals surface area contributed by atoms with Gasteiger partial charge in [-0.2, -0.15) is 0 Å². The van der Waals surface area contributed by atoms with Crippen LogP contribution in [0.4, 0.5) is 0 Å². The van der Waals surface area contributed by atoms with Gasteiger partial charge in [0.25, 0.3) is 0 Å². The zero-order chi connectivity index (χ0) is 22.2. The standard InChI is InChI=1S/C32H24/c1-25-5-3-7-31(23-25)21-19-29-15-11-27(12-16-29)9-10-28-13-17-30(18-14-28)20-22-32-8-4-6-26(2)24-32/h3-18,23-24H,1-2H3. The van der Waals surface area contributed by atoms with Crippen molar-refractivity contribution in [3.05, 3.63) is 142 Å². The van der Waals surface area contributed by atoms with Gasteiger partial charge in [0.1, 0.15) is 0 Å². The summed E-state index contributed by atoms with van der Waals surface area (Å²) in [6.07, 6.45) is 4.23. The van der Waals surface area contributed by atoms with E-state index in [2.05, 4.69) is 122 Å². The summed E-state index contributed by atoms with van der Waals surface area (Å²) in [6, 6.07) is 33.1. The molecule has 4 rings (SSSR count). The maximum atomic E-state index is 3.24. The summed E-state index contributed by atoms with van der Waals surface area (Å²) >= 11 is 0. The molecule has 0 nitrogen and oxygen atoms in total. The Balaban J connectivity index is 1.39. The van der Waals surface area contributed by atoms with Crippen molar-refractivity contribution in [2.24, 2.45) is 0 Å². The highest BCUT2D eigenvalue weighted by atomic mass is 14.0. The minimum Gasteiger partial charge on any atom is -0.0617 e. The molecule has 0 spiro atoms. The molecule has 152 valence electrons. The lowest BCUT2D eigenvalue weighted by atomic mass is 10.1. The summed E-state index contributed by atoms with van der Waals surface area (Å²) in [5.74, 6) is 12.9. The highest BCUT2D eigenvalue weighted by molar-refractivity contribution is 5.70. The van der Waals surface area contributed by atoms with Gasteiger partial charge in [-0.3, -0.25) is 0 Å². The van der Waals surface area contributed by atoms with Gasteiger partial charge in [-0.15, -0.1) is 0 Å². The summed E-state index contributed by atoms with van der Waals surface area (Å²) in [7, 11) is 0. The number of benzene rings is 4. The van der Waals surface area contributed by atoms with Crippen LogP contribution in [0.15, 0.2) is 97.1 Å². The average Bonchev–Trinajstić information content (AvgIpc) is 2.81. The molecule has 0 heteroatoms. The molecule has 32 heavy (non-hydrogen) atoms. The largest absolute Gasteiger partial charge is 0.0617 e. The van der Waals surface area contributed by atoms with E-state index < -0.39 is 0 Å². The minimum absolute atomic E-state index is 1.01. The molecule has 0 bridgehead atoms. The van der Waals surface area contributed by atoms with E-state index in [0.717, 1.165) is 33.4 Å². The second-order valence-electron chi connectivity index (χ2n) is 7.82. The minimum atomic E-state index is 1.01. The maximum absolute atomic E-state index is 3.24. The van der Waals surface area contributed by atoms with E-state index in [9.17, 15) is 0 Å². The highest BCUT2D eigenvalue weighted by Crippen LogP contribution is 2.11. The van der Waals surface area contributed by atoms with Gasteiger partial charge >= 0.3 is 0 Å². The molecule has 0 aliphatic rings. The Morgan fingerprint density at radius 3 is 1.19 bits per heavy atom. The third-order valence-electron chi connectivity index (χ3n) is 5.03. The smallest absolute Gasteiger partial charge is 0.0251 e. The van der Waals surface area contributed by atoms with E-state index in [-0.39, 0.29) is 0 Å². The third-order valence-corrected chi connectivity index (χ3v) is 5.03. The fourth-order valence-electron chi connectivity index (χ4n) is 3.28. The van der Waals surface area contributed by atoms with Crippen molar-refractivity contribution in [3.63, 3.8) is 0 Å². The highest BCUT2D eigenvalue weighted by Gasteiger charge is 1.93. The van der Waals surface area contributed by atoms with Crippen LogP contribution in [-0.2, 0) is 0 Å². The Morgan fingerprint density at radius 2 is 0.812 bits per heavy atom. The molecule has 0 aliphatic heterocycles. The quantitative estimate of drug-likeness (QED) is 0.242. The van der Waals surface area contributed by atoms with E-state index in [0.29, 0.717) is 0 Å². The van der Waals surface area contributed by atoms with Crippen LogP contribution >= 0.6 is 0 Å². The predicted molar refractivity (Wildman–Crippen MR) is 136 cm³/mol. The fraction of sp³-hybridized carbons (Fsp3) is 0.0625. The van der Waals surface area contributed by atoms with E-state index in [1.165, 1.54) is 11.1 Å². The first kappa shape index (κ1) is 21.0. The fourth-order valence-corrected chi connectivity index (χ4v) is 3.28. The molecular weight excluding hydrogens is 384 g/mol. The molecule has 0 amide bonds. The topological polar surface area (TPSA) is 0 Å². The molecule has 4 aromatic carbocycles. The van der Waals surface area contributed by atoms with Crippen LogP contribution in [0.2, 0.25) is 0 Å². The number of rotatable bonds is 2. The zero-order valence-corrected chi connectivity index (χ0v) is 18.4. The van der Waals surface area contributed by atoms with Crippen molar-refractivity contribution < 1.29 is 0 Å². The molecule has 0 aliphatic carbocycles. The summed E-state index contributed by atoms with van der Waals surface area (Å²) in [6.45, 7) is 4.16. The summed E-state index contributed by atoms with van der Waals surface area (Å²) in [5.41, 5.74) is 8.86. The lowest BCUT2D eigenvalue weighted by Crippen LogP contribution is -1.80. The van der Waals surface area contributed by atoms with Crippen LogP contribution in [0.5, 0.6) is 0 Å². The van der Waals surface area contributed by atoms with Gasteiger partial charge in [0.05, 0.1) is 0 Å². The molecule has 0 saturated heterocycles. The molecule has 0 aromatic heterocycles. The molecule has 0 unspecified atom stereocenters. The van der Waals surface area contributed by atoms with Crippen LogP contribution in [0, 0.1) is 37.5 Å². The Hall–Kier alpha value is -4.26. The molecular formula is C32H24. The van der Waals surface area contributed by atoms with Crippen molar-refractivity contribution in [3.8, 4) is 23.7 Å². The molecule has 0 atom stereocenters. The Morgan fingerprint density at radius 1 is 0.438 bits per heavy atom. The normalized spacial score (nSPS) is 10.2. The maximum Gasteiger partial charge on any atom is 0.0251 e. The summed E-state index contributed by atoms with van der Waals surface area (Å²) < 4.78 is 0. The zero-order valence-electron chi connectivity index (χ0n) is 18.4. The van der Waals surface area contributed by atoms with Gasteiger partial charge < -0.3 is 0 Å². The van der Waals surface area contributed by atoms with Crippen LogP contribution < -0.4 is 0 Å². The monoisotopic (exact) mass is 408 g/mol. The van der Waals surface area contributed by atoms with Gasteiger partial charge in [-0.1, -0.05) is 84.4 Å². The summed E-state index contributed by atoms with van der Waals surface area (Å²) in [5, 5.41) is 0. The molecule has 0 heterocycles. The SMILES string of the molecule is Cc1cccc(C#Cc2ccc(C=Cc3ccc(C#Cc4cccc(C)c4)cc3)cc2)c1. The Kier molecular flexibility index (Phi) is 6.67.